The van der Waals surface area contributed by atoms with Crippen LogP contribution in [0.15, 0.2) is 0 Å². The Hall–Kier alpha value is -0.0400. The second-order valence-corrected chi connectivity index (χ2v) is 9.60. The normalized spacial score (nSPS) is 15.1. The molecular formula is C27H57N. The number of nitrogens with zero attached hydrogens (tertiary/aromatic N) is 1. The summed E-state index contributed by atoms with van der Waals surface area (Å²) in [5.41, 5.74) is 0. The van der Waals surface area contributed by atoms with Crippen molar-refractivity contribution in [2.24, 2.45) is 0 Å². The number of hydrogen-bond donors (Lipinski definition) is 0. The average molecular weight is 396 g/mol. The Balaban J connectivity index is 4.48. The second kappa shape index (κ2) is 20.2. The average Bonchev–Trinajstić information content (AvgIpc) is 2.67. The molecule has 0 aromatic heterocycles. The first-order valence-electron chi connectivity index (χ1n) is 13.4. The fraction of sp³-hybridized carbons (Fsp3) is 1.00. The van der Waals surface area contributed by atoms with E-state index in [1.54, 1.807) is 0 Å². The summed E-state index contributed by atoms with van der Waals surface area (Å²) in [4.78, 5) is 2.92. The van der Waals surface area contributed by atoms with Crippen molar-refractivity contribution < 1.29 is 0 Å². The highest BCUT2D eigenvalue weighted by Crippen LogP contribution is 2.23. The monoisotopic (exact) mass is 395 g/mol. The summed E-state index contributed by atoms with van der Waals surface area (Å²) in [5, 5.41) is 0. The zero-order valence-corrected chi connectivity index (χ0v) is 20.9. The number of unbranched alkanes of at least 4 members (excludes halogenated alkanes) is 12. The van der Waals surface area contributed by atoms with E-state index in [-0.39, 0.29) is 0 Å². The summed E-state index contributed by atoms with van der Waals surface area (Å²) in [6.07, 6.45) is 25.4. The van der Waals surface area contributed by atoms with Crippen molar-refractivity contribution in [1.29, 1.82) is 0 Å². The molecule has 1 heteroatoms. The molecule has 0 rings (SSSR count). The van der Waals surface area contributed by atoms with E-state index in [1.165, 1.54) is 116 Å². The van der Waals surface area contributed by atoms with Gasteiger partial charge in [0.15, 0.2) is 0 Å². The van der Waals surface area contributed by atoms with Crippen molar-refractivity contribution in [2.75, 3.05) is 0 Å². The molecule has 0 radical (unpaired) electrons. The van der Waals surface area contributed by atoms with Crippen LogP contribution in [-0.4, -0.2) is 23.0 Å². The molecule has 0 N–H and O–H groups in total. The lowest BCUT2D eigenvalue weighted by atomic mass is 9.97. The summed E-state index contributed by atoms with van der Waals surface area (Å²) < 4.78 is 0. The van der Waals surface area contributed by atoms with Gasteiger partial charge in [-0.3, -0.25) is 4.90 Å². The van der Waals surface area contributed by atoms with E-state index in [9.17, 15) is 0 Å². The summed E-state index contributed by atoms with van der Waals surface area (Å²) in [6.45, 7) is 14.5. The molecule has 1 nitrogen and oxygen atoms in total. The van der Waals surface area contributed by atoms with Gasteiger partial charge in [-0.1, -0.05) is 117 Å². The molecule has 0 amide bonds. The minimum atomic E-state index is 0.748. The first kappa shape index (κ1) is 28.0. The molecule has 0 fully saturated rings. The predicted molar refractivity (Wildman–Crippen MR) is 130 cm³/mol. The number of rotatable bonds is 21. The number of hydrogen-bond acceptors (Lipinski definition) is 1. The molecule has 28 heavy (non-hydrogen) atoms. The van der Waals surface area contributed by atoms with Crippen molar-refractivity contribution in [1.82, 2.24) is 4.90 Å². The van der Waals surface area contributed by atoms with Crippen molar-refractivity contribution in [3.8, 4) is 0 Å². The van der Waals surface area contributed by atoms with Crippen LogP contribution in [0.5, 0.6) is 0 Å². The first-order chi connectivity index (χ1) is 13.6. The zero-order valence-electron chi connectivity index (χ0n) is 20.9. The molecule has 0 aliphatic heterocycles. The maximum absolute atomic E-state index is 2.92. The Bertz CT molecular complexity index is 253. The van der Waals surface area contributed by atoms with Gasteiger partial charge in [0.2, 0.25) is 0 Å². The van der Waals surface area contributed by atoms with Crippen LogP contribution in [0.1, 0.15) is 157 Å². The minimum absolute atomic E-state index is 0.748. The van der Waals surface area contributed by atoms with Crippen LogP contribution in [0.3, 0.4) is 0 Å². The summed E-state index contributed by atoms with van der Waals surface area (Å²) in [7, 11) is 0. The topological polar surface area (TPSA) is 3.24 Å². The van der Waals surface area contributed by atoms with Gasteiger partial charge in [-0.25, -0.2) is 0 Å². The predicted octanol–water partition coefficient (Wildman–Crippen LogP) is 9.54. The molecule has 0 aliphatic rings. The Kier molecular flexibility index (Phi) is 20.2. The molecule has 0 aromatic rings. The third-order valence-corrected chi connectivity index (χ3v) is 6.70. The molecule has 3 unspecified atom stereocenters. The van der Waals surface area contributed by atoms with Crippen LogP contribution in [-0.2, 0) is 0 Å². The van der Waals surface area contributed by atoms with E-state index in [1.807, 2.05) is 0 Å². The van der Waals surface area contributed by atoms with E-state index in [4.69, 9.17) is 0 Å². The van der Waals surface area contributed by atoms with Gasteiger partial charge in [-0.05, 0) is 40.0 Å². The fourth-order valence-electron chi connectivity index (χ4n) is 4.88. The Morgan fingerprint density at radius 1 is 0.393 bits per heavy atom. The SMILES string of the molecule is CCCCCCCC(C)N(C(C)CCCCCCC)C(C)CCCCCCC. The second-order valence-electron chi connectivity index (χ2n) is 9.60. The maximum Gasteiger partial charge on any atom is 0.00725 e. The molecular weight excluding hydrogens is 338 g/mol. The van der Waals surface area contributed by atoms with Crippen LogP contribution in [0.4, 0.5) is 0 Å². The van der Waals surface area contributed by atoms with Gasteiger partial charge in [0.1, 0.15) is 0 Å². The van der Waals surface area contributed by atoms with E-state index < -0.39 is 0 Å². The van der Waals surface area contributed by atoms with Crippen LogP contribution >= 0.6 is 0 Å². The third-order valence-electron chi connectivity index (χ3n) is 6.70. The Morgan fingerprint density at radius 3 is 0.893 bits per heavy atom. The maximum atomic E-state index is 2.92. The standard InChI is InChI=1S/C27H57N/c1-7-10-13-16-19-22-25(4)28(26(5)23-20-17-14-11-8-2)27(6)24-21-18-15-12-9-3/h25-27H,7-24H2,1-6H3. The molecule has 0 aromatic carbocycles. The van der Waals surface area contributed by atoms with Gasteiger partial charge in [0.05, 0.1) is 0 Å². The smallest absolute Gasteiger partial charge is 0.00725 e. The largest absolute Gasteiger partial charge is 0.295 e. The Labute approximate surface area is 180 Å². The summed E-state index contributed by atoms with van der Waals surface area (Å²) >= 11 is 0. The molecule has 0 saturated carbocycles. The van der Waals surface area contributed by atoms with Crippen LogP contribution in [0, 0.1) is 0 Å². The van der Waals surface area contributed by atoms with Crippen molar-refractivity contribution in [3.63, 3.8) is 0 Å². The van der Waals surface area contributed by atoms with Gasteiger partial charge in [-0.15, -0.1) is 0 Å². The minimum Gasteiger partial charge on any atom is -0.295 e. The van der Waals surface area contributed by atoms with Crippen LogP contribution in [0.25, 0.3) is 0 Å². The lowest BCUT2D eigenvalue weighted by molar-refractivity contribution is 0.0835. The fourth-order valence-corrected chi connectivity index (χ4v) is 4.88. The quantitative estimate of drug-likeness (QED) is 0.175. The molecule has 3 atom stereocenters. The van der Waals surface area contributed by atoms with E-state index in [2.05, 4.69) is 46.4 Å². The highest BCUT2D eigenvalue weighted by molar-refractivity contribution is 4.79. The van der Waals surface area contributed by atoms with E-state index in [0.29, 0.717) is 0 Å². The van der Waals surface area contributed by atoms with Crippen LogP contribution < -0.4 is 0 Å². The molecule has 0 bridgehead atoms. The molecule has 170 valence electrons. The van der Waals surface area contributed by atoms with E-state index in [0.717, 1.165) is 18.1 Å². The lowest BCUT2D eigenvalue weighted by Gasteiger charge is -2.40. The van der Waals surface area contributed by atoms with Gasteiger partial charge >= 0.3 is 0 Å². The highest BCUT2D eigenvalue weighted by Gasteiger charge is 2.24. The van der Waals surface area contributed by atoms with Gasteiger partial charge in [0, 0.05) is 18.1 Å². The first-order valence-corrected chi connectivity index (χ1v) is 13.4. The van der Waals surface area contributed by atoms with Gasteiger partial charge in [0.25, 0.3) is 0 Å². The molecule has 0 heterocycles. The van der Waals surface area contributed by atoms with Crippen molar-refractivity contribution in [3.05, 3.63) is 0 Å². The lowest BCUT2D eigenvalue weighted by Crippen LogP contribution is -2.46. The zero-order chi connectivity index (χ0) is 21.0. The Morgan fingerprint density at radius 2 is 0.643 bits per heavy atom. The summed E-state index contributed by atoms with van der Waals surface area (Å²) in [6, 6.07) is 2.24. The third kappa shape index (κ3) is 14.9. The summed E-state index contributed by atoms with van der Waals surface area (Å²) in [5.74, 6) is 0. The van der Waals surface area contributed by atoms with Crippen LogP contribution in [0.2, 0.25) is 0 Å². The van der Waals surface area contributed by atoms with E-state index >= 15 is 0 Å². The molecule has 0 aliphatic carbocycles. The van der Waals surface area contributed by atoms with Crippen molar-refractivity contribution in [2.45, 2.75) is 175 Å². The van der Waals surface area contributed by atoms with Gasteiger partial charge in [-0.2, -0.15) is 0 Å². The highest BCUT2D eigenvalue weighted by atomic mass is 15.2. The van der Waals surface area contributed by atoms with Crippen molar-refractivity contribution >= 4 is 0 Å². The molecule has 0 saturated heterocycles. The van der Waals surface area contributed by atoms with Gasteiger partial charge < -0.3 is 0 Å². The molecule has 0 spiro atoms.